The van der Waals surface area contributed by atoms with Gasteiger partial charge in [-0.25, -0.2) is 0 Å². The average molecular weight is 213 g/mol. The lowest BCUT2D eigenvalue weighted by Crippen LogP contribution is -2.43. The van der Waals surface area contributed by atoms with Crippen LogP contribution in [0.3, 0.4) is 0 Å². The molecule has 0 heterocycles. The van der Waals surface area contributed by atoms with Crippen LogP contribution in [0.2, 0.25) is 0 Å². The first-order valence-electron chi connectivity index (χ1n) is 6.37. The van der Waals surface area contributed by atoms with Crippen molar-refractivity contribution in [1.29, 1.82) is 0 Å². The molecule has 3 atom stereocenters. The van der Waals surface area contributed by atoms with E-state index in [1.807, 2.05) is 0 Å². The second-order valence-corrected chi connectivity index (χ2v) is 5.12. The van der Waals surface area contributed by atoms with Gasteiger partial charge in [-0.1, -0.05) is 19.3 Å². The van der Waals surface area contributed by atoms with E-state index in [0.29, 0.717) is 12.5 Å². The van der Waals surface area contributed by atoms with Gasteiger partial charge in [0.25, 0.3) is 0 Å². The molecule has 0 aromatic carbocycles. The molecule has 0 saturated heterocycles. The average Bonchev–Trinajstić information content (AvgIpc) is 3.02. The SMILES string of the molecule is OC(CNC1CCCCCC1O)C1CC1. The topological polar surface area (TPSA) is 52.5 Å². The lowest BCUT2D eigenvalue weighted by atomic mass is 10.1. The van der Waals surface area contributed by atoms with Crippen LogP contribution in [0.25, 0.3) is 0 Å². The Kier molecular flexibility index (Phi) is 4.00. The van der Waals surface area contributed by atoms with Gasteiger partial charge in [-0.15, -0.1) is 0 Å². The Bertz CT molecular complexity index is 194. The summed E-state index contributed by atoms with van der Waals surface area (Å²) in [5, 5.41) is 22.9. The molecule has 2 aliphatic carbocycles. The molecule has 2 saturated carbocycles. The van der Waals surface area contributed by atoms with Crippen molar-refractivity contribution in [3.63, 3.8) is 0 Å². The number of hydrogen-bond acceptors (Lipinski definition) is 3. The number of aliphatic hydroxyl groups excluding tert-OH is 2. The fourth-order valence-electron chi connectivity index (χ4n) is 2.45. The summed E-state index contributed by atoms with van der Waals surface area (Å²) in [6.07, 6.45) is 7.50. The summed E-state index contributed by atoms with van der Waals surface area (Å²) in [6.45, 7) is 0.659. The molecular formula is C12H23NO2. The smallest absolute Gasteiger partial charge is 0.0693 e. The summed E-state index contributed by atoms with van der Waals surface area (Å²) in [5.74, 6) is 0.528. The molecule has 2 aliphatic rings. The highest BCUT2D eigenvalue weighted by atomic mass is 16.3. The van der Waals surface area contributed by atoms with Crippen molar-refractivity contribution < 1.29 is 10.2 Å². The van der Waals surface area contributed by atoms with E-state index in [-0.39, 0.29) is 18.2 Å². The van der Waals surface area contributed by atoms with Crippen molar-refractivity contribution in [3.05, 3.63) is 0 Å². The van der Waals surface area contributed by atoms with Crippen molar-refractivity contribution in [2.45, 2.75) is 63.2 Å². The molecule has 0 radical (unpaired) electrons. The van der Waals surface area contributed by atoms with Gasteiger partial charge in [0.15, 0.2) is 0 Å². The van der Waals surface area contributed by atoms with Crippen molar-refractivity contribution >= 4 is 0 Å². The molecule has 2 rings (SSSR count). The van der Waals surface area contributed by atoms with E-state index in [4.69, 9.17) is 0 Å². The van der Waals surface area contributed by atoms with Crippen LogP contribution in [0.4, 0.5) is 0 Å². The van der Waals surface area contributed by atoms with Crippen molar-refractivity contribution in [1.82, 2.24) is 5.32 Å². The molecule has 3 heteroatoms. The fraction of sp³-hybridized carbons (Fsp3) is 1.00. The molecule has 0 spiro atoms. The predicted molar refractivity (Wildman–Crippen MR) is 59.6 cm³/mol. The van der Waals surface area contributed by atoms with E-state index in [9.17, 15) is 10.2 Å². The van der Waals surface area contributed by atoms with Gasteiger partial charge in [-0.05, 0) is 31.6 Å². The zero-order valence-electron chi connectivity index (χ0n) is 9.36. The molecule has 3 nitrogen and oxygen atoms in total. The minimum absolute atomic E-state index is 0.194. The van der Waals surface area contributed by atoms with Crippen molar-refractivity contribution in [2.75, 3.05) is 6.54 Å². The van der Waals surface area contributed by atoms with Gasteiger partial charge < -0.3 is 15.5 Å². The highest BCUT2D eigenvalue weighted by molar-refractivity contribution is 4.85. The molecular weight excluding hydrogens is 190 g/mol. The van der Waals surface area contributed by atoms with Crippen molar-refractivity contribution in [3.8, 4) is 0 Å². The zero-order chi connectivity index (χ0) is 10.7. The second kappa shape index (κ2) is 5.28. The van der Waals surface area contributed by atoms with Gasteiger partial charge in [0.2, 0.25) is 0 Å². The molecule has 3 unspecified atom stereocenters. The van der Waals surface area contributed by atoms with Crippen LogP contribution in [0.15, 0.2) is 0 Å². The third-order valence-corrected chi connectivity index (χ3v) is 3.73. The van der Waals surface area contributed by atoms with Crippen LogP contribution in [0.1, 0.15) is 44.9 Å². The zero-order valence-corrected chi connectivity index (χ0v) is 9.36. The van der Waals surface area contributed by atoms with Gasteiger partial charge in [-0.3, -0.25) is 0 Å². The van der Waals surface area contributed by atoms with E-state index in [1.165, 1.54) is 25.7 Å². The van der Waals surface area contributed by atoms with Crippen LogP contribution in [-0.2, 0) is 0 Å². The summed E-state index contributed by atoms with van der Waals surface area (Å²) in [7, 11) is 0. The molecule has 0 aromatic heterocycles. The van der Waals surface area contributed by atoms with Gasteiger partial charge in [0.1, 0.15) is 0 Å². The maximum Gasteiger partial charge on any atom is 0.0693 e. The summed E-state index contributed by atoms with van der Waals surface area (Å²) < 4.78 is 0. The first kappa shape index (κ1) is 11.4. The Morgan fingerprint density at radius 2 is 1.80 bits per heavy atom. The summed E-state index contributed by atoms with van der Waals surface area (Å²) in [6, 6.07) is 0.209. The monoisotopic (exact) mass is 213 g/mol. The van der Waals surface area contributed by atoms with Gasteiger partial charge in [-0.2, -0.15) is 0 Å². The predicted octanol–water partition coefficient (Wildman–Crippen LogP) is 1.04. The van der Waals surface area contributed by atoms with Gasteiger partial charge in [0, 0.05) is 12.6 Å². The molecule has 0 aromatic rings. The quantitative estimate of drug-likeness (QED) is 0.612. The number of nitrogens with one attached hydrogen (secondary N) is 1. The van der Waals surface area contributed by atoms with E-state index in [1.54, 1.807) is 0 Å². The molecule has 0 amide bonds. The number of hydrogen-bond donors (Lipinski definition) is 3. The van der Waals surface area contributed by atoms with Gasteiger partial charge >= 0.3 is 0 Å². The summed E-state index contributed by atoms with van der Waals surface area (Å²) in [4.78, 5) is 0. The second-order valence-electron chi connectivity index (χ2n) is 5.12. The standard InChI is InChI=1S/C12H23NO2/c14-11-5-3-1-2-4-10(11)13-8-12(15)9-6-7-9/h9-15H,1-8H2. The molecule has 88 valence electrons. The molecule has 3 N–H and O–H groups in total. The normalized spacial score (nSPS) is 34.8. The minimum atomic E-state index is -0.209. The van der Waals surface area contributed by atoms with Crippen LogP contribution in [0, 0.1) is 5.92 Å². The Hall–Kier alpha value is -0.120. The Labute approximate surface area is 91.9 Å². The maximum absolute atomic E-state index is 9.87. The van der Waals surface area contributed by atoms with Crippen LogP contribution >= 0.6 is 0 Å². The molecule has 0 bridgehead atoms. The Morgan fingerprint density at radius 3 is 2.53 bits per heavy atom. The van der Waals surface area contributed by atoms with Crippen LogP contribution in [-0.4, -0.2) is 35.0 Å². The number of aliphatic hydroxyl groups is 2. The first-order valence-corrected chi connectivity index (χ1v) is 6.37. The van der Waals surface area contributed by atoms with E-state index in [2.05, 4.69) is 5.32 Å². The Balaban J connectivity index is 1.71. The van der Waals surface area contributed by atoms with Crippen molar-refractivity contribution in [2.24, 2.45) is 5.92 Å². The van der Waals surface area contributed by atoms with Gasteiger partial charge in [0.05, 0.1) is 12.2 Å². The lowest BCUT2D eigenvalue weighted by Gasteiger charge is -2.23. The highest BCUT2D eigenvalue weighted by Crippen LogP contribution is 2.32. The Morgan fingerprint density at radius 1 is 1.07 bits per heavy atom. The lowest BCUT2D eigenvalue weighted by molar-refractivity contribution is 0.0981. The summed E-state index contributed by atoms with van der Waals surface area (Å²) in [5.41, 5.74) is 0. The number of rotatable bonds is 4. The van der Waals surface area contributed by atoms with Crippen LogP contribution in [0.5, 0.6) is 0 Å². The van der Waals surface area contributed by atoms with E-state index in [0.717, 1.165) is 19.3 Å². The molecule has 15 heavy (non-hydrogen) atoms. The highest BCUT2D eigenvalue weighted by Gasteiger charge is 2.30. The fourth-order valence-corrected chi connectivity index (χ4v) is 2.45. The van der Waals surface area contributed by atoms with E-state index >= 15 is 0 Å². The first-order chi connectivity index (χ1) is 7.27. The molecule has 2 fully saturated rings. The molecule has 0 aliphatic heterocycles. The van der Waals surface area contributed by atoms with Crippen LogP contribution < -0.4 is 5.32 Å². The largest absolute Gasteiger partial charge is 0.392 e. The maximum atomic E-state index is 9.87. The third kappa shape index (κ3) is 3.44. The minimum Gasteiger partial charge on any atom is -0.392 e. The third-order valence-electron chi connectivity index (χ3n) is 3.73. The summed E-state index contributed by atoms with van der Waals surface area (Å²) >= 11 is 0. The van der Waals surface area contributed by atoms with E-state index < -0.39 is 0 Å².